The highest BCUT2D eigenvalue weighted by Gasteiger charge is 2.38. The highest BCUT2D eigenvalue weighted by atomic mass is 16.3. The molecule has 2 nitrogen and oxygen atoms in total. The van der Waals surface area contributed by atoms with Crippen molar-refractivity contribution in [2.45, 2.75) is 84.8 Å². The minimum absolute atomic E-state index is 0.0243. The van der Waals surface area contributed by atoms with Gasteiger partial charge in [-0.25, -0.2) is 0 Å². The molecule has 19 heavy (non-hydrogen) atoms. The number of aliphatic hydroxyl groups is 1. The molecular formula is C17H33NO. The maximum atomic E-state index is 9.56. The Bertz CT molecular complexity index is 274. The van der Waals surface area contributed by atoms with E-state index in [1.54, 1.807) is 0 Å². The van der Waals surface area contributed by atoms with Crippen LogP contribution >= 0.6 is 0 Å². The fourth-order valence-electron chi connectivity index (χ4n) is 4.67. The number of nitrogens with one attached hydrogen (secondary N) is 1. The van der Waals surface area contributed by atoms with E-state index in [1.165, 1.54) is 32.1 Å². The van der Waals surface area contributed by atoms with Crippen LogP contribution in [0.1, 0.15) is 72.6 Å². The van der Waals surface area contributed by atoms with Crippen molar-refractivity contribution in [3.05, 3.63) is 0 Å². The normalized spacial score (nSPS) is 35.2. The third-order valence-electron chi connectivity index (χ3n) is 5.07. The molecule has 0 bridgehead atoms. The summed E-state index contributed by atoms with van der Waals surface area (Å²) in [4.78, 5) is 0. The van der Waals surface area contributed by atoms with Crippen molar-refractivity contribution in [1.82, 2.24) is 5.32 Å². The number of aliphatic hydroxyl groups excluding tert-OH is 1. The van der Waals surface area contributed by atoms with Crippen LogP contribution in [0.5, 0.6) is 0 Å². The molecule has 0 unspecified atom stereocenters. The molecule has 0 aromatic carbocycles. The second-order valence-electron chi connectivity index (χ2n) is 8.69. The van der Waals surface area contributed by atoms with Crippen LogP contribution < -0.4 is 5.32 Å². The highest BCUT2D eigenvalue weighted by Crippen LogP contribution is 2.45. The summed E-state index contributed by atoms with van der Waals surface area (Å²) in [5, 5.41) is 13.4. The van der Waals surface area contributed by atoms with Crippen molar-refractivity contribution >= 4 is 0 Å². The molecule has 0 saturated heterocycles. The number of hydrogen-bond donors (Lipinski definition) is 2. The molecule has 0 amide bonds. The first-order chi connectivity index (χ1) is 8.76. The number of hydrogen-bond acceptors (Lipinski definition) is 2. The van der Waals surface area contributed by atoms with Gasteiger partial charge in [0, 0.05) is 6.04 Å². The van der Waals surface area contributed by atoms with Gasteiger partial charge in [-0.2, -0.15) is 0 Å². The maximum absolute atomic E-state index is 9.56. The summed E-state index contributed by atoms with van der Waals surface area (Å²) >= 11 is 0. The average Bonchev–Trinajstić information content (AvgIpc) is 2.24. The van der Waals surface area contributed by atoms with Crippen LogP contribution in [0.4, 0.5) is 0 Å². The first-order valence-electron chi connectivity index (χ1n) is 8.17. The summed E-state index contributed by atoms with van der Waals surface area (Å²) in [5.74, 6) is 0.788. The summed E-state index contributed by atoms with van der Waals surface area (Å²) < 4.78 is 0. The van der Waals surface area contributed by atoms with Crippen molar-refractivity contribution in [3.8, 4) is 0 Å². The predicted octanol–water partition coefficient (Wildman–Crippen LogP) is 3.73. The van der Waals surface area contributed by atoms with Gasteiger partial charge in [0.05, 0.1) is 6.10 Å². The Morgan fingerprint density at radius 1 is 0.947 bits per heavy atom. The molecule has 2 N–H and O–H groups in total. The van der Waals surface area contributed by atoms with Gasteiger partial charge in [0.25, 0.3) is 0 Å². The zero-order chi connectivity index (χ0) is 14.1. The summed E-state index contributed by atoms with van der Waals surface area (Å²) in [5.41, 5.74) is 0.949. The van der Waals surface area contributed by atoms with E-state index in [0.717, 1.165) is 25.3 Å². The molecule has 0 atom stereocenters. The SMILES string of the molecule is CC1(C)CC(NCC2CCC(O)CC2)CC(C)(C)C1. The van der Waals surface area contributed by atoms with E-state index in [0.29, 0.717) is 16.9 Å². The molecule has 2 saturated carbocycles. The van der Waals surface area contributed by atoms with Crippen LogP contribution in [0.25, 0.3) is 0 Å². The summed E-state index contributed by atoms with van der Waals surface area (Å²) in [6.07, 6.45) is 8.36. The second kappa shape index (κ2) is 5.73. The molecule has 2 aliphatic carbocycles. The third-order valence-corrected chi connectivity index (χ3v) is 5.07. The lowest BCUT2D eigenvalue weighted by molar-refractivity contribution is 0.0769. The van der Waals surface area contributed by atoms with Crippen molar-refractivity contribution in [2.75, 3.05) is 6.54 Å². The standard InChI is InChI=1S/C17H33NO/c1-16(2)9-14(10-17(3,4)12-16)18-11-13-5-7-15(19)8-6-13/h13-15,18-19H,5-12H2,1-4H3. The van der Waals surface area contributed by atoms with Crippen molar-refractivity contribution < 1.29 is 5.11 Å². The van der Waals surface area contributed by atoms with Crippen LogP contribution in [-0.2, 0) is 0 Å². The van der Waals surface area contributed by atoms with Gasteiger partial charge in [-0.15, -0.1) is 0 Å². The number of rotatable bonds is 3. The minimum Gasteiger partial charge on any atom is -0.393 e. The van der Waals surface area contributed by atoms with Gasteiger partial charge >= 0.3 is 0 Å². The van der Waals surface area contributed by atoms with Crippen LogP contribution in [-0.4, -0.2) is 23.8 Å². The first kappa shape index (κ1) is 15.3. The summed E-state index contributed by atoms with van der Waals surface area (Å²) in [6.45, 7) is 10.8. The lowest BCUT2D eigenvalue weighted by atomic mass is 9.63. The Kier molecular flexibility index (Phi) is 4.62. The second-order valence-corrected chi connectivity index (χ2v) is 8.69. The van der Waals surface area contributed by atoms with Crippen LogP contribution in [0.2, 0.25) is 0 Å². The maximum Gasteiger partial charge on any atom is 0.0540 e. The smallest absolute Gasteiger partial charge is 0.0540 e. The lowest BCUT2D eigenvalue weighted by Gasteiger charge is -2.45. The van der Waals surface area contributed by atoms with E-state index in [2.05, 4.69) is 33.0 Å². The molecule has 0 aromatic heterocycles. The predicted molar refractivity (Wildman–Crippen MR) is 81.2 cm³/mol. The van der Waals surface area contributed by atoms with E-state index in [4.69, 9.17) is 0 Å². The summed E-state index contributed by atoms with van der Waals surface area (Å²) in [7, 11) is 0. The van der Waals surface area contributed by atoms with E-state index in [1.807, 2.05) is 0 Å². The molecule has 0 aliphatic heterocycles. The van der Waals surface area contributed by atoms with E-state index in [-0.39, 0.29) is 6.10 Å². The van der Waals surface area contributed by atoms with Gasteiger partial charge in [-0.3, -0.25) is 0 Å². The molecule has 2 fully saturated rings. The van der Waals surface area contributed by atoms with Crippen LogP contribution in [0.3, 0.4) is 0 Å². The molecule has 2 rings (SSSR count). The molecular weight excluding hydrogens is 234 g/mol. The van der Waals surface area contributed by atoms with E-state index in [9.17, 15) is 5.11 Å². The summed E-state index contributed by atoms with van der Waals surface area (Å²) in [6, 6.07) is 0.686. The van der Waals surface area contributed by atoms with Gasteiger partial charge in [0.1, 0.15) is 0 Å². The Hall–Kier alpha value is -0.0800. The molecule has 112 valence electrons. The molecule has 0 radical (unpaired) electrons. The van der Waals surface area contributed by atoms with Crippen LogP contribution in [0.15, 0.2) is 0 Å². The fraction of sp³-hybridized carbons (Fsp3) is 1.00. The first-order valence-corrected chi connectivity index (χ1v) is 8.17. The highest BCUT2D eigenvalue weighted by molar-refractivity contribution is 4.92. The lowest BCUT2D eigenvalue weighted by Crippen LogP contribution is -2.45. The zero-order valence-electron chi connectivity index (χ0n) is 13.3. The van der Waals surface area contributed by atoms with E-state index < -0.39 is 0 Å². The molecule has 0 heterocycles. The minimum atomic E-state index is -0.0243. The fourth-order valence-corrected chi connectivity index (χ4v) is 4.67. The molecule has 0 aromatic rings. The van der Waals surface area contributed by atoms with Gasteiger partial charge in [-0.05, 0) is 68.2 Å². The van der Waals surface area contributed by atoms with E-state index >= 15 is 0 Å². The Morgan fingerprint density at radius 3 is 2.00 bits per heavy atom. The largest absolute Gasteiger partial charge is 0.393 e. The molecule has 2 aliphatic rings. The monoisotopic (exact) mass is 267 g/mol. The van der Waals surface area contributed by atoms with Crippen molar-refractivity contribution in [3.63, 3.8) is 0 Å². The Balaban J connectivity index is 1.79. The van der Waals surface area contributed by atoms with Crippen molar-refractivity contribution in [2.24, 2.45) is 16.7 Å². The van der Waals surface area contributed by atoms with Crippen molar-refractivity contribution in [1.29, 1.82) is 0 Å². The van der Waals surface area contributed by atoms with Crippen LogP contribution in [0, 0.1) is 16.7 Å². The van der Waals surface area contributed by atoms with Gasteiger partial charge < -0.3 is 10.4 Å². The van der Waals surface area contributed by atoms with Gasteiger partial charge in [-0.1, -0.05) is 27.7 Å². The zero-order valence-corrected chi connectivity index (χ0v) is 13.3. The topological polar surface area (TPSA) is 32.3 Å². The molecule has 2 heteroatoms. The Labute approximate surface area is 119 Å². The Morgan fingerprint density at radius 2 is 1.47 bits per heavy atom. The average molecular weight is 267 g/mol. The van der Waals surface area contributed by atoms with Gasteiger partial charge in [0.15, 0.2) is 0 Å². The van der Waals surface area contributed by atoms with Gasteiger partial charge in [0.2, 0.25) is 0 Å². The molecule has 0 spiro atoms. The third kappa shape index (κ3) is 4.75. The quantitative estimate of drug-likeness (QED) is 0.816.